The number of nitrogens with one attached hydrogen (secondary N) is 1. The molecule has 0 unspecified atom stereocenters. The summed E-state index contributed by atoms with van der Waals surface area (Å²) in [5.74, 6) is -0.0774. The van der Waals surface area contributed by atoms with Crippen molar-refractivity contribution in [3.63, 3.8) is 0 Å². The molecule has 0 spiro atoms. The van der Waals surface area contributed by atoms with Crippen LogP contribution in [0.25, 0.3) is 11.1 Å². The highest BCUT2D eigenvalue weighted by atomic mass is 28.4. The van der Waals surface area contributed by atoms with Crippen molar-refractivity contribution in [3.05, 3.63) is 118 Å². The summed E-state index contributed by atoms with van der Waals surface area (Å²) in [4.78, 5) is 36.3. The molecule has 0 aliphatic rings. The van der Waals surface area contributed by atoms with Crippen molar-refractivity contribution < 1.29 is 14.0 Å². The first-order valence-electron chi connectivity index (χ1n) is 14.3. The second kappa shape index (κ2) is 13.3. The summed E-state index contributed by atoms with van der Waals surface area (Å²) in [6.07, 6.45) is 0.345. The molecule has 4 aromatic rings. The van der Waals surface area contributed by atoms with Gasteiger partial charge in [-0.3, -0.25) is 9.59 Å². The van der Waals surface area contributed by atoms with Crippen LogP contribution < -0.4 is 10.3 Å². The lowest BCUT2D eigenvalue weighted by Crippen LogP contribution is -2.43. The number of hydrogen-bond donors (Lipinski definition) is 1. The van der Waals surface area contributed by atoms with Gasteiger partial charge in [0, 0.05) is 20.0 Å². The molecule has 7 nitrogen and oxygen atoms in total. The monoisotopic (exact) mass is 583 g/mol. The van der Waals surface area contributed by atoms with Crippen molar-refractivity contribution in [3.8, 4) is 16.9 Å². The van der Waals surface area contributed by atoms with E-state index in [9.17, 15) is 9.59 Å². The van der Waals surface area contributed by atoms with Crippen LogP contribution in [-0.4, -0.2) is 49.3 Å². The van der Waals surface area contributed by atoms with Crippen LogP contribution in [0.2, 0.25) is 18.1 Å². The fourth-order valence-corrected chi connectivity index (χ4v) is 5.33. The molecule has 0 saturated carbocycles. The van der Waals surface area contributed by atoms with Gasteiger partial charge in [-0.15, -0.1) is 0 Å². The normalized spacial score (nSPS) is 11.8. The van der Waals surface area contributed by atoms with E-state index in [-0.39, 0.29) is 29.0 Å². The van der Waals surface area contributed by atoms with Crippen molar-refractivity contribution in [1.29, 1.82) is 0 Å². The van der Waals surface area contributed by atoms with Gasteiger partial charge in [-0.2, -0.15) is 0 Å². The van der Waals surface area contributed by atoms with Crippen molar-refractivity contribution >= 4 is 14.2 Å². The molecule has 0 radical (unpaired) electrons. The number of rotatable bonds is 11. The lowest BCUT2D eigenvalue weighted by molar-refractivity contribution is 0.0757. The third kappa shape index (κ3) is 7.63. The van der Waals surface area contributed by atoms with Gasteiger partial charge in [0.05, 0.1) is 6.61 Å². The van der Waals surface area contributed by atoms with E-state index in [0.717, 1.165) is 22.3 Å². The number of amides is 1. The van der Waals surface area contributed by atoms with E-state index in [2.05, 4.69) is 43.8 Å². The number of carbonyl (C=O) groups is 1. The van der Waals surface area contributed by atoms with Crippen LogP contribution in [0.1, 0.15) is 48.2 Å². The molecule has 0 saturated heterocycles. The molecule has 0 atom stereocenters. The Morgan fingerprint density at radius 1 is 0.929 bits per heavy atom. The second-order valence-corrected chi connectivity index (χ2v) is 16.8. The Hall–Kier alpha value is -4.01. The van der Waals surface area contributed by atoms with E-state index >= 15 is 0 Å². The number of likely N-dealkylation sites (N-methyl/N-ethyl adjacent to an activating group) is 1. The lowest BCUT2D eigenvalue weighted by Gasteiger charge is -2.36. The summed E-state index contributed by atoms with van der Waals surface area (Å²) in [6, 6.07) is 27.6. The third-order valence-corrected chi connectivity index (χ3v) is 12.4. The smallest absolute Gasteiger partial charge is 0.294 e. The Balaban J connectivity index is 1.63. The Bertz CT molecular complexity index is 1550. The highest BCUT2D eigenvalue weighted by Crippen LogP contribution is 2.36. The number of H-pyrrole nitrogens is 1. The maximum atomic E-state index is 13.8. The molecule has 4 rings (SSSR count). The number of nitrogens with zero attached hydrogens (tertiary/aromatic N) is 2. The second-order valence-electron chi connectivity index (χ2n) is 12.0. The maximum absolute atomic E-state index is 13.8. The molecular weight excluding hydrogens is 542 g/mol. The Morgan fingerprint density at radius 2 is 1.55 bits per heavy atom. The average Bonchev–Trinajstić information content (AvgIpc) is 2.96. The summed E-state index contributed by atoms with van der Waals surface area (Å²) in [5.41, 5.74) is 3.49. The van der Waals surface area contributed by atoms with E-state index in [1.165, 1.54) is 0 Å². The zero-order valence-electron chi connectivity index (χ0n) is 25.4. The first kappa shape index (κ1) is 30.9. The van der Waals surface area contributed by atoms with E-state index in [1.807, 2.05) is 84.9 Å². The van der Waals surface area contributed by atoms with Gasteiger partial charge in [0.15, 0.2) is 14.0 Å². The summed E-state index contributed by atoms with van der Waals surface area (Å²) in [7, 11) is -0.275. The summed E-state index contributed by atoms with van der Waals surface area (Å²) >= 11 is 0. The van der Waals surface area contributed by atoms with Gasteiger partial charge in [-0.05, 0) is 40.4 Å². The molecule has 1 aromatic heterocycles. The number of ether oxygens (including phenoxy) is 1. The van der Waals surface area contributed by atoms with Crippen LogP contribution in [0.15, 0.2) is 89.7 Å². The van der Waals surface area contributed by atoms with E-state index < -0.39 is 13.9 Å². The molecule has 1 N–H and O–H groups in total. The van der Waals surface area contributed by atoms with E-state index in [0.29, 0.717) is 25.4 Å². The predicted molar refractivity (Wildman–Crippen MR) is 170 cm³/mol. The summed E-state index contributed by atoms with van der Waals surface area (Å²) in [5, 5.41) is 0.0627. The van der Waals surface area contributed by atoms with Crippen LogP contribution >= 0.6 is 0 Å². The van der Waals surface area contributed by atoms with E-state index in [1.54, 1.807) is 11.9 Å². The Morgan fingerprint density at radius 3 is 2.21 bits per heavy atom. The van der Waals surface area contributed by atoms with Crippen molar-refractivity contribution in [1.82, 2.24) is 14.9 Å². The first-order valence-corrected chi connectivity index (χ1v) is 17.2. The number of carbonyl (C=O) groups excluding carboxylic acids is 1. The van der Waals surface area contributed by atoms with Crippen LogP contribution in [0.3, 0.4) is 0 Å². The molecule has 1 heterocycles. The Labute approximate surface area is 249 Å². The highest BCUT2D eigenvalue weighted by molar-refractivity contribution is 6.74. The number of hydrogen-bond acceptors (Lipinski definition) is 5. The van der Waals surface area contributed by atoms with Gasteiger partial charge < -0.3 is 19.0 Å². The van der Waals surface area contributed by atoms with Gasteiger partial charge in [-0.25, -0.2) is 4.98 Å². The lowest BCUT2D eigenvalue weighted by atomic mass is 9.97. The minimum absolute atomic E-state index is 0.00306. The highest BCUT2D eigenvalue weighted by Gasteiger charge is 2.37. The van der Waals surface area contributed by atoms with E-state index in [4.69, 9.17) is 9.16 Å². The van der Waals surface area contributed by atoms with Crippen LogP contribution in [0, 0.1) is 0 Å². The van der Waals surface area contributed by atoms with Gasteiger partial charge in [-0.1, -0.05) is 106 Å². The quantitative estimate of drug-likeness (QED) is 0.199. The number of aromatic amines is 1. The molecule has 220 valence electrons. The fourth-order valence-electron chi connectivity index (χ4n) is 4.29. The molecule has 8 heteroatoms. The minimum atomic E-state index is -1.97. The van der Waals surface area contributed by atoms with Gasteiger partial charge in [0.2, 0.25) is 5.75 Å². The number of benzene rings is 3. The number of aromatic nitrogens is 2. The standard InChI is InChI=1S/C34H41N3O4Si/c1-34(2,3)42(5,6)41-22-21-37(4)33(39)30-31(40-24-25-15-9-7-10-16-25)32(38)36-29(35-30)23-27-19-13-14-20-28(27)26-17-11-8-12-18-26/h7-20H,21-24H2,1-6H3,(H,35,36,38). The third-order valence-electron chi connectivity index (χ3n) is 7.86. The first-order chi connectivity index (χ1) is 20.0. The van der Waals surface area contributed by atoms with Crippen molar-refractivity contribution in [2.75, 3.05) is 20.2 Å². The molecule has 3 aromatic carbocycles. The average molecular weight is 584 g/mol. The Kier molecular flexibility index (Phi) is 9.80. The van der Waals surface area contributed by atoms with Crippen molar-refractivity contribution in [2.45, 2.75) is 51.9 Å². The zero-order chi connectivity index (χ0) is 30.3. The van der Waals surface area contributed by atoms with Gasteiger partial charge >= 0.3 is 0 Å². The largest absolute Gasteiger partial charge is 0.481 e. The van der Waals surface area contributed by atoms with Crippen LogP contribution in [-0.2, 0) is 17.5 Å². The maximum Gasteiger partial charge on any atom is 0.294 e. The summed E-state index contributed by atoms with van der Waals surface area (Å²) < 4.78 is 12.2. The van der Waals surface area contributed by atoms with Crippen molar-refractivity contribution in [2.24, 2.45) is 0 Å². The topological polar surface area (TPSA) is 84.5 Å². The molecule has 0 aliphatic carbocycles. The fraction of sp³-hybridized carbons (Fsp3) is 0.324. The SMILES string of the molecule is CN(CCO[Si](C)(C)C(C)(C)C)C(=O)c1nc(Cc2ccccc2-c2ccccc2)[nH]c(=O)c1OCc1ccccc1. The van der Waals surface area contributed by atoms with Crippen LogP contribution in [0.4, 0.5) is 0 Å². The molecule has 1 amide bonds. The zero-order valence-corrected chi connectivity index (χ0v) is 26.4. The van der Waals surface area contributed by atoms with Crippen LogP contribution in [0.5, 0.6) is 5.75 Å². The molecule has 42 heavy (non-hydrogen) atoms. The molecule has 0 aliphatic heterocycles. The minimum Gasteiger partial charge on any atom is -0.481 e. The van der Waals surface area contributed by atoms with Gasteiger partial charge in [0.25, 0.3) is 11.5 Å². The molecule has 0 fully saturated rings. The molecular formula is C34H41N3O4Si. The predicted octanol–water partition coefficient (Wildman–Crippen LogP) is 6.70. The molecule has 0 bridgehead atoms. The summed E-state index contributed by atoms with van der Waals surface area (Å²) in [6.45, 7) is 11.8. The van der Waals surface area contributed by atoms with Gasteiger partial charge in [0.1, 0.15) is 12.4 Å².